The van der Waals surface area contributed by atoms with Crippen LogP contribution in [0.4, 0.5) is 13.9 Å². The van der Waals surface area contributed by atoms with Crippen LogP contribution in [0, 0.1) is 0 Å². The van der Waals surface area contributed by atoms with Crippen LogP contribution in [0.2, 0.25) is 0 Å². The summed E-state index contributed by atoms with van der Waals surface area (Å²) in [5.74, 6) is -0.308. The predicted molar refractivity (Wildman–Crippen MR) is 62.7 cm³/mol. The Morgan fingerprint density at radius 1 is 1.63 bits per heavy atom. The summed E-state index contributed by atoms with van der Waals surface area (Å²) in [6.07, 6.45) is 3.29. The summed E-state index contributed by atoms with van der Waals surface area (Å²) in [6, 6.07) is 0. The van der Waals surface area contributed by atoms with Crippen molar-refractivity contribution in [2.24, 2.45) is 7.05 Å². The molecule has 0 aliphatic carbocycles. The Morgan fingerprint density at radius 2 is 2.42 bits per heavy atom. The first-order valence-corrected chi connectivity index (χ1v) is 5.84. The number of amides is 1. The molecule has 7 nitrogen and oxygen atoms in total. The zero-order chi connectivity index (χ0) is 13.8. The van der Waals surface area contributed by atoms with Crippen molar-refractivity contribution in [2.75, 3.05) is 11.9 Å². The molecule has 0 aromatic carbocycles. The van der Waals surface area contributed by atoms with Crippen LogP contribution in [0.15, 0.2) is 12.4 Å². The van der Waals surface area contributed by atoms with Gasteiger partial charge in [0.25, 0.3) is 5.91 Å². The summed E-state index contributed by atoms with van der Waals surface area (Å²) < 4.78 is 32.9. The maximum Gasteiger partial charge on any atom is 0.345 e. The second-order valence-corrected chi connectivity index (χ2v) is 4.20. The highest BCUT2D eigenvalue weighted by atomic mass is 32.1. The highest BCUT2D eigenvalue weighted by Gasteiger charge is 2.12. The molecule has 2 aromatic rings. The van der Waals surface area contributed by atoms with Crippen molar-refractivity contribution in [3.63, 3.8) is 0 Å². The SMILES string of the molecule is Cn1cc(-c2nsc(NC(=O)COC(F)F)n2)cn1. The Bertz CT molecular complexity index is 570. The quantitative estimate of drug-likeness (QED) is 0.891. The van der Waals surface area contributed by atoms with Crippen molar-refractivity contribution in [1.82, 2.24) is 19.1 Å². The van der Waals surface area contributed by atoms with Crippen molar-refractivity contribution >= 4 is 22.6 Å². The minimum atomic E-state index is -2.98. The first kappa shape index (κ1) is 13.5. The minimum absolute atomic E-state index is 0.210. The normalized spacial score (nSPS) is 10.9. The summed E-state index contributed by atoms with van der Waals surface area (Å²) in [5, 5.41) is 6.49. The van der Waals surface area contributed by atoms with Gasteiger partial charge in [-0.1, -0.05) is 0 Å². The van der Waals surface area contributed by atoms with Crippen LogP contribution in [0.3, 0.4) is 0 Å². The Kier molecular flexibility index (Phi) is 4.12. The fourth-order valence-electron chi connectivity index (χ4n) is 1.22. The molecule has 0 bridgehead atoms. The van der Waals surface area contributed by atoms with Gasteiger partial charge in [-0.25, -0.2) is 0 Å². The molecule has 0 saturated heterocycles. The van der Waals surface area contributed by atoms with Crippen LogP contribution in [0.5, 0.6) is 0 Å². The maximum atomic E-state index is 11.7. The van der Waals surface area contributed by atoms with Gasteiger partial charge >= 0.3 is 6.61 Å². The number of rotatable bonds is 5. The molecule has 2 aromatic heterocycles. The minimum Gasteiger partial charge on any atom is -0.313 e. The largest absolute Gasteiger partial charge is 0.345 e. The molecule has 0 spiro atoms. The van der Waals surface area contributed by atoms with Crippen LogP contribution in [-0.4, -0.2) is 38.3 Å². The molecule has 1 amide bonds. The van der Waals surface area contributed by atoms with E-state index in [4.69, 9.17) is 0 Å². The maximum absolute atomic E-state index is 11.7. The van der Waals surface area contributed by atoms with Gasteiger partial charge in [0.15, 0.2) is 5.82 Å². The van der Waals surface area contributed by atoms with Gasteiger partial charge in [0.2, 0.25) is 5.13 Å². The van der Waals surface area contributed by atoms with Gasteiger partial charge < -0.3 is 4.74 Å². The Balaban J connectivity index is 1.96. The number of anilines is 1. The third kappa shape index (κ3) is 3.76. The molecule has 0 aliphatic heterocycles. The molecule has 0 saturated carbocycles. The van der Waals surface area contributed by atoms with Gasteiger partial charge in [-0.2, -0.15) is 23.2 Å². The number of aryl methyl sites for hydroxylation is 1. The molecule has 2 heterocycles. The van der Waals surface area contributed by atoms with E-state index < -0.39 is 19.1 Å². The van der Waals surface area contributed by atoms with E-state index in [1.165, 1.54) is 0 Å². The topological polar surface area (TPSA) is 81.9 Å². The summed E-state index contributed by atoms with van der Waals surface area (Å²) in [6.45, 7) is -3.72. The van der Waals surface area contributed by atoms with Gasteiger partial charge in [-0.15, -0.1) is 0 Å². The number of carbonyl (C=O) groups excluding carboxylic acids is 1. The number of aromatic nitrogens is 4. The van der Waals surface area contributed by atoms with Crippen LogP contribution in [0.25, 0.3) is 11.4 Å². The van der Waals surface area contributed by atoms with Crippen LogP contribution >= 0.6 is 11.5 Å². The molecule has 0 unspecified atom stereocenters. The van der Waals surface area contributed by atoms with E-state index >= 15 is 0 Å². The lowest BCUT2D eigenvalue weighted by Crippen LogP contribution is -2.19. The smallest absolute Gasteiger partial charge is 0.313 e. The fraction of sp³-hybridized carbons (Fsp3) is 0.333. The summed E-state index contributed by atoms with van der Waals surface area (Å²) in [5.41, 5.74) is 0.697. The molecule has 19 heavy (non-hydrogen) atoms. The van der Waals surface area contributed by atoms with E-state index in [-0.39, 0.29) is 5.13 Å². The molecule has 10 heteroatoms. The molecule has 1 N–H and O–H groups in total. The average molecular weight is 289 g/mol. The first-order valence-electron chi connectivity index (χ1n) is 5.07. The van der Waals surface area contributed by atoms with Gasteiger partial charge in [-0.05, 0) is 0 Å². The zero-order valence-corrected chi connectivity index (χ0v) is 10.5. The molecule has 0 aliphatic rings. The lowest BCUT2D eigenvalue weighted by atomic mass is 10.3. The fourth-order valence-corrected chi connectivity index (χ4v) is 1.83. The Labute approximate surface area is 110 Å². The second-order valence-electron chi connectivity index (χ2n) is 3.45. The number of halogens is 2. The first-order chi connectivity index (χ1) is 9.04. The van der Waals surface area contributed by atoms with E-state index in [1.54, 1.807) is 24.1 Å². The van der Waals surface area contributed by atoms with E-state index in [2.05, 4.69) is 24.5 Å². The lowest BCUT2D eigenvalue weighted by Gasteiger charge is -2.01. The van der Waals surface area contributed by atoms with Gasteiger partial charge in [0.1, 0.15) is 6.61 Å². The van der Waals surface area contributed by atoms with Crippen LogP contribution < -0.4 is 5.32 Å². The lowest BCUT2D eigenvalue weighted by molar-refractivity contribution is -0.148. The number of nitrogens with one attached hydrogen (secondary N) is 1. The highest BCUT2D eigenvalue weighted by Crippen LogP contribution is 2.20. The number of nitrogens with zero attached hydrogens (tertiary/aromatic N) is 4. The number of hydrogen-bond donors (Lipinski definition) is 1. The van der Waals surface area contributed by atoms with Crippen LogP contribution in [-0.2, 0) is 16.6 Å². The Morgan fingerprint density at radius 3 is 3.05 bits per heavy atom. The predicted octanol–water partition coefficient (Wildman–Crippen LogP) is 1.12. The molecule has 0 fully saturated rings. The molecular formula is C9H9F2N5O2S. The summed E-state index contributed by atoms with van der Waals surface area (Å²) >= 11 is 0.943. The van der Waals surface area contributed by atoms with E-state index in [0.29, 0.717) is 11.4 Å². The zero-order valence-electron chi connectivity index (χ0n) is 9.71. The third-order valence-corrected chi connectivity index (χ3v) is 2.61. The van der Waals surface area contributed by atoms with E-state index in [0.717, 1.165) is 11.5 Å². The Hall–Kier alpha value is -1.94. The van der Waals surface area contributed by atoms with Crippen molar-refractivity contribution < 1.29 is 18.3 Å². The highest BCUT2D eigenvalue weighted by molar-refractivity contribution is 7.10. The number of carbonyl (C=O) groups is 1. The molecule has 2 rings (SSSR count). The van der Waals surface area contributed by atoms with Crippen molar-refractivity contribution in [1.29, 1.82) is 0 Å². The van der Waals surface area contributed by atoms with E-state index in [9.17, 15) is 13.6 Å². The number of alkyl halides is 2. The summed E-state index contributed by atoms with van der Waals surface area (Å²) in [4.78, 5) is 15.3. The molecular weight excluding hydrogens is 280 g/mol. The molecule has 0 atom stereocenters. The molecule has 0 radical (unpaired) electrons. The monoisotopic (exact) mass is 289 g/mol. The number of hydrogen-bond acceptors (Lipinski definition) is 6. The van der Waals surface area contributed by atoms with Crippen molar-refractivity contribution in [3.05, 3.63) is 12.4 Å². The third-order valence-electron chi connectivity index (χ3n) is 1.98. The van der Waals surface area contributed by atoms with Gasteiger partial charge in [-0.3, -0.25) is 14.8 Å². The second kappa shape index (κ2) is 5.80. The van der Waals surface area contributed by atoms with Gasteiger partial charge in [0.05, 0.1) is 11.8 Å². The molecule has 102 valence electrons. The van der Waals surface area contributed by atoms with Crippen molar-refractivity contribution in [2.45, 2.75) is 6.61 Å². The average Bonchev–Trinajstić information content (AvgIpc) is 2.95. The van der Waals surface area contributed by atoms with Gasteiger partial charge in [0, 0.05) is 24.8 Å². The van der Waals surface area contributed by atoms with Crippen molar-refractivity contribution in [3.8, 4) is 11.4 Å². The standard InChI is InChI=1S/C9H9F2N5O2S/c1-16-3-5(2-12-16)7-14-9(19-15-7)13-6(17)4-18-8(10)11/h2-3,8H,4H2,1H3,(H,13,14,15,17). The van der Waals surface area contributed by atoms with E-state index in [1.807, 2.05) is 0 Å². The summed E-state index contributed by atoms with van der Waals surface area (Å²) in [7, 11) is 1.75. The number of ether oxygens (including phenoxy) is 1. The van der Waals surface area contributed by atoms with Crippen LogP contribution in [0.1, 0.15) is 0 Å².